The molecular weight excluding hydrogens is 488 g/mol. The topological polar surface area (TPSA) is 122 Å². The summed E-state index contributed by atoms with van der Waals surface area (Å²) < 4.78 is 10.5. The van der Waals surface area contributed by atoms with Crippen LogP contribution >= 0.6 is 11.6 Å². The quantitative estimate of drug-likeness (QED) is 0.294. The van der Waals surface area contributed by atoms with Crippen molar-refractivity contribution >= 4 is 35.4 Å². The SMILES string of the molecule is COC(=O)C1=CNC(CCOCCN2C(=O)C3=CC=CCC3C2=O)=C(C(=O)O)C1c1ccccc1Cl. The number of benzene rings is 1. The molecule has 9 nitrogen and oxygen atoms in total. The van der Waals surface area contributed by atoms with Crippen LogP contribution in [0.1, 0.15) is 24.3 Å². The van der Waals surface area contributed by atoms with Crippen LogP contribution in [0.4, 0.5) is 0 Å². The highest BCUT2D eigenvalue weighted by Crippen LogP contribution is 2.40. The number of hydrogen-bond acceptors (Lipinski definition) is 7. The van der Waals surface area contributed by atoms with Gasteiger partial charge in [0.15, 0.2) is 0 Å². The minimum Gasteiger partial charge on any atom is -0.478 e. The Morgan fingerprint density at radius 2 is 2.00 bits per heavy atom. The average molecular weight is 513 g/mol. The van der Waals surface area contributed by atoms with Crippen molar-refractivity contribution in [3.05, 3.63) is 81.7 Å². The predicted octanol–water partition coefficient (Wildman–Crippen LogP) is 2.70. The summed E-state index contributed by atoms with van der Waals surface area (Å²) in [4.78, 5) is 51.0. The van der Waals surface area contributed by atoms with Crippen LogP contribution in [-0.4, -0.2) is 60.6 Å². The van der Waals surface area contributed by atoms with E-state index in [1.807, 2.05) is 6.08 Å². The number of ether oxygens (including phenoxy) is 2. The Kier molecular flexibility index (Phi) is 7.71. The van der Waals surface area contributed by atoms with Crippen molar-refractivity contribution < 1.29 is 33.8 Å². The van der Waals surface area contributed by atoms with Gasteiger partial charge in [-0.2, -0.15) is 0 Å². The molecule has 0 saturated carbocycles. The second kappa shape index (κ2) is 10.9. The molecule has 0 bridgehead atoms. The molecule has 0 radical (unpaired) electrons. The van der Waals surface area contributed by atoms with E-state index in [-0.39, 0.29) is 49.1 Å². The lowest BCUT2D eigenvalue weighted by Crippen LogP contribution is -2.34. The van der Waals surface area contributed by atoms with Gasteiger partial charge in [-0.15, -0.1) is 0 Å². The number of carbonyl (C=O) groups is 4. The Bertz CT molecular complexity index is 1230. The molecule has 2 amide bonds. The molecule has 4 rings (SSSR count). The van der Waals surface area contributed by atoms with Gasteiger partial charge < -0.3 is 19.9 Å². The molecule has 2 unspecified atom stereocenters. The maximum Gasteiger partial charge on any atom is 0.336 e. The Hall–Kier alpha value is -3.69. The molecule has 10 heteroatoms. The van der Waals surface area contributed by atoms with E-state index in [1.165, 1.54) is 18.2 Å². The third kappa shape index (κ3) is 4.84. The summed E-state index contributed by atoms with van der Waals surface area (Å²) >= 11 is 6.36. The van der Waals surface area contributed by atoms with Gasteiger partial charge in [0.05, 0.1) is 49.9 Å². The first-order valence-corrected chi connectivity index (χ1v) is 11.8. The van der Waals surface area contributed by atoms with Crippen LogP contribution in [0.5, 0.6) is 0 Å². The predicted molar refractivity (Wildman–Crippen MR) is 130 cm³/mol. The van der Waals surface area contributed by atoms with E-state index in [9.17, 15) is 24.3 Å². The summed E-state index contributed by atoms with van der Waals surface area (Å²) in [5, 5.41) is 13.3. The van der Waals surface area contributed by atoms with Crippen LogP contribution in [-0.2, 0) is 28.7 Å². The normalized spacial score (nSPS) is 21.1. The summed E-state index contributed by atoms with van der Waals surface area (Å²) in [7, 11) is 1.22. The van der Waals surface area contributed by atoms with Crippen LogP contribution in [0.3, 0.4) is 0 Å². The second-order valence-corrected chi connectivity index (χ2v) is 8.79. The molecule has 1 fully saturated rings. The molecule has 1 aromatic carbocycles. The fourth-order valence-corrected chi connectivity index (χ4v) is 4.86. The fraction of sp³-hybridized carbons (Fsp3) is 0.308. The van der Waals surface area contributed by atoms with Crippen molar-refractivity contribution in [2.24, 2.45) is 5.92 Å². The highest BCUT2D eigenvalue weighted by molar-refractivity contribution is 6.31. The summed E-state index contributed by atoms with van der Waals surface area (Å²) in [6, 6.07) is 6.72. The molecule has 1 saturated heterocycles. The van der Waals surface area contributed by atoms with Crippen molar-refractivity contribution in [1.82, 2.24) is 10.2 Å². The first kappa shape index (κ1) is 25.4. The highest BCUT2D eigenvalue weighted by atomic mass is 35.5. The number of allylic oxidation sites excluding steroid dienone is 3. The van der Waals surface area contributed by atoms with E-state index < -0.39 is 23.8 Å². The first-order chi connectivity index (χ1) is 17.3. The number of rotatable bonds is 9. The molecular formula is C26H25ClN2O7. The molecule has 3 aliphatic rings. The number of methoxy groups -OCH3 is 1. The number of likely N-dealkylation sites (tertiary alicyclic amines) is 1. The lowest BCUT2D eigenvalue weighted by atomic mass is 9.81. The molecule has 1 aromatic rings. The lowest BCUT2D eigenvalue weighted by molar-refractivity contribution is -0.140. The summed E-state index contributed by atoms with van der Waals surface area (Å²) in [6.07, 6.45) is 7.44. The molecule has 1 aliphatic carbocycles. The third-order valence-corrected chi connectivity index (χ3v) is 6.71. The van der Waals surface area contributed by atoms with Gasteiger partial charge >= 0.3 is 11.9 Å². The largest absolute Gasteiger partial charge is 0.478 e. The molecule has 2 heterocycles. The Morgan fingerprint density at radius 3 is 2.69 bits per heavy atom. The van der Waals surface area contributed by atoms with Crippen molar-refractivity contribution in [1.29, 1.82) is 0 Å². The van der Waals surface area contributed by atoms with Crippen molar-refractivity contribution in [3.8, 4) is 0 Å². The third-order valence-electron chi connectivity index (χ3n) is 6.37. The van der Waals surface area contributed by atoms with Gasteiger partial charge in [0.2, 0.25) is 5.91 Å². The number of dihydropyridines is 1. The number of amides is 2. The number of carbonyl (C=O) groups excluding carboxylic acids is 3. The van der Waals surface area contributed by atoms with E-state index in [0.29, 0.717) is 28.3 Å². The lowest BCUT2D eigenvalue weighted by Gasteiger charge is -2.28. The Labute approximate surface area is 212 Å². The zero-order valence-electron chi connectivity index (χ0n) is 19.5. The maximum absolute atomic E-state index is 12.5. The number of hydrogen-bond donors (Lipinski definition) is 2. The van der Waals surface area contributed by atoms with Crippen LogP contribution in [0.2, 0.25) is 5.02 Å². The molecule has 0 aromatic heterocycles. The summed E-state index contributed by atoms with van der Waals surface area (Å²) in [5.41, 5.74) is 1.40. The van der Waals surface area contributed by atoms with Crippen molar-refractivity contribution in [3.63, 3.8) is 0 Å². The minimum absolute atomic E-state index is 0.0389. The molecule has 2 aliphatic heterocycles. The fourth-order valence-electron chi connectivity index (χ4n) is 4.61. The van der Waals surface area contributed by atoms with Crippen LogP contribution in [0.25, 0.3) is 0 Å². The van der Waals surface area contributed by atoms with Gasteiger partial charge in [0.1, 0.15) is 0 Å². The van der Waals surface area contributed by atoms with Crippen molar-refractivity contribution in [2.75, 3.05) is 26.9 Å². The zero-order valence-corrected chi connectivity index (χ0v) is 20.3. The number of aliphatic carboxylic acids is 1. The second-order valence-electron chi connectivity index (χ2n) is 8.38. The Balaban J connectivity index is 1.44. The van der Waals surface area contributed by atoms with Gasteiger partial charge in [-0.3, -0.25) is 14.5 Å². The maximum atomic E-state index is 12.5. The van der Waals surface area contributed by atoms with E-state index in [2.05, 4.69) is 5.32 Å². The molecule has 0 spiro atoms. The van der Waals surface area contributed by atoms with E-state index >= 15 is 0 Å². The number of nitrogens with zero attached hydrogens (tertiary/aromatic N) is 1. The number of halogens is 1. The summed E-state index contributed by atoms with van der Waals surface area (Å²) in [6.45, 7) is 0.343. The number of nitrogens with one attached hydrogen (secondary N) is 1. The van der Waals surface area contributed by atoms with E-state index in [0.717, 1.165) is 0 Å². The van der Waals surface area contributed by atoms with E-state index in [1.54, 1.807) is 36.4 Å². The zero-order chi connectivity index (χ0) is 25.8. The minimum atomic E-state index is -1.21. The van der Waals surface area contributed by atoms with Gasteiger partial charge in [-0.05, 0) is 18.1 Å². The smallest absolute Gasteiger partial charge is 0.336 e. The number of carboxylic acids is 1. The number of carboxylic acid groups (broad SMARTS) is 1. The number of imide groups is 1. The molecule has 36 heavy (non-hydrogen) atoms. The van der Waals surface area contributed by atoms with Crippen LogP contribution < -0.4 is 5.32 Å². The molecule has 188 valence electrons. The summed E-state index contributed by atoms with van der Waals surface area (Å²) in [5.74, 6) is -3.78. The van der Waals surface area contributed by atoms with Crippen molar-refractivity contribution in [2.45, 2.75) is 18.8 Å². The van der Waals surface area contributed by atoms with Gasteiger partial charge in [-0.25, -0.2) is 9.59 Å². The van der Waals surface area contributed by atoms with Crippen LogP contribution in [0.15, 0.2) is 71.1 Å². The van der Waals surface area contributed by atoms with Gasteiger partial charge in [0, 0.05) is 28.9 Å². The highest BCUT2D eigenvalue weighted by Gasteiger charge is 2.42. The van der Waals surface area contributed by atoms with Gasteiger partial charge in [0.25, 0.3) is 5.91 Å². The molecule has 2 atom stereocenters. The average Bonchev–Trinajstić information content (AvgIpc) is 3.12. The van der Waals surface area contributed by atoms with E-state index in [4.69, 9.17) is 21.1 Å². The first-order valence-electron chi connectivity index (χ1n) is 11.4. The standard InChI is InChI=1S/C26H25ClN2O7/c1-35-26(34)18-14-28-20(22(25(32)33)21(18)17-8-4-5-9-19(17)27)10-12-36-13-11-29-23(30)15-6-2-3-7-16(15)24(29)31/h2-6,8-9,14,16,21,28H,7,10-13H2,1H3,(H,32,33). The Morgan fingerprint density at radius 1 is 1.22 bits per heavy atom. The molecule has 2 N–H and O–H groups in total. The van der Waals surface area contributed by atoms with Gasteiger partial charge in [-0.1, -0.05) is 48.0 Å². The monoisotopic (exact) mass is 512 g/mol. The number of fused-ring (bicyclic) bond motifs is 1. The van der Waals surface area contributed by atoms with Crippen LogP contribution in [0, 0.1) is 5.92 Å². The number of esters is 1.